The van der Waals surface area contributed by atoms with Crippen molar-refractivity contribution in [1.29, 1.82) is 0 Å². The van der Waals surface area contributed by atoms with E-state index in [1.165, 1.54) is 6.07 Å². The maximum atomic E-state index is 11.1. The van der Waals surface area contributed by atoms with E-state index in [1.54, 1.807) is 6.07 Å². The van der Waals surface area contributed by atoms with E-state index in [9.17, 15) is 10.1 Å². The summed E-state index contributed by atoms with van der Waals surface area (Å²) in [7, 11) is 0. The summed E-state index contributed by atoms with van der Waals surface area (Å²) < 4.78 is 4.76. The fourth-order valence-electron chi connectivity index (χ4n) is 2.36. The number of hydrogen-bond donors (Lipinski definition) is 0. The second-order valence-electron chi connectivity index (χ2n) is 7.64. The highest BCUT2D eigenvalue weighted by Gasteiger charge is 2.30. The first-order chi connectivity index (χ1) is 10.0. The topological polar surface area (TPSA) is 85.3 Å². The van der Waals surface area contributed by atoms with E-state index < -0.39 is 4.92 Å². The molecule has 0 spiro atoms. The Morgan fingerprint density at radius 1 is 1.14 bits per heavy atom. The molecule has 22 heavy (non-hydrogen) atoms. The number of aromatic nitrogens is 2. The van der Waals surface area contributed by atoms with E-state index in [-0.39, 0.29) is 22.2 Å². The molecule has 1 aromatic carbocycles. The van der Waals surface area contributed by atoms with Crippen LogP contribution < -0.4 is 4.90 Å². The highest BCUT2D eigenvalue weighted by molar-refractivity contribution is 5.94. The smallest absolute Gasteiger partial charge is 0.300 e. The maximum Gasteiger partial charge on any atom is 0.300 e. The van der Waals surface area contributed by atoms with Gasteiger partial charge in [-0.15, -0.1) is 0 Å². The van der Waals surface area contributed by atoms with Crippen LogP contribution in [-0.2, 0) is 0 Å². The Morgan fingerprint density at radius 3 is 2.23 bits per heavy atom. The Labute approximate surface area is 129 Å². The van der Waals surface area contributed by atoms with Crippen molar-refractivity contribution in [3.05, 3.63) is 22.2 Å². The Morgan fingerprint density at radius 2 is 1.73 bits per heavy atom. The third-order valence-corrected chi connectivity index (χ3v) is 3.30. The molecule has 1 aromatic heterocycles. The van der Waals surface area contributed by atoms with Crippen molar-refractivity contribution in [3.8, 4) is 0 Å². The largest absolute Gasteiger partial charge is 0.364 e. The van der Waals surface area contributed by atoms with E-state index in [0.29, 0.717) is 5.52 Å². The molecule has 0 N–H and O–H groups in total. The minimum atomic E-state index is -0.471. The van der Waals surface area contributed by atoms with Gasteiger partial charge in [-0.3, -0.25) is 10.1 Å². The number of nitro benzene ring substituents is 1. The van der Waals surface area contributed by atoms with E-state index in [1.807, 2.05) is 0 Å². The van der Waals surface area contributed by atoms with Crippen LogP contribution in [0.2, 0.25) is 0 Å². The lowest BCUT2D eigenvalue weighted by Crippen LogP contribution is -2.46. The molecule has 7 heteroatoms. The zero-order chi connectivity index (χ0) is 16.7. The number of benzene rings is 1. The van der Waals surface area contributed by atoms with Crippen LogP contribution in [0.15, 0.2) is 16.8 Å². The van der Waals surface area contributed by atoms with E-state index >= 15 is 0 Å². The lowest BCUT2D eigenvalue weighted by Gasteiger charge is -2.41. The Balaban J connectivity index is 2.63. The molecule has 1 heterocycles. The highest BCUT2D eigenvalue weighted by atomic mass is 16.6. The van der Waals surface area contributed by atoms with Crippen LogP contribution in [0.4, 0.5) is 11.4 Å². The van der Waals surface area contributed by atoms with Gasteiger partial charge in [-0.1, -0.05) is 20.8 Å². The van der Waals surface area contributed by atoms with Gasteiger partial charge in [0.1, 0.15) is 0 Å². The van der Waals surface area contributed by atoms with Gasteiger partial charge in [-0.25, -0.2) is 4.63 Å². The summed E-state index contributed by atoms with van der Waals surface area (Å²) in [5.41, 5.74) is 1.20. The van der Waals surface area contributed by atoms with Crippen molar-refractivity contribution < 1.29 is 9.55 Å². The number of non-ortho nitro benzene ring substituents is 1. The van der Waals surface area contributed by atoms with Crippen LogP contribution in [0.5, 0.6) is 0 Å². The fraction of sp³-hybridized carbons (Fsp3) is 0.600. The zero-order valence-corrected chi connectivity index (χ0v) is 13.9. The fourth-order valence-corrected chi connectivity index (χ4v) is 2.36. The van der Waals surface area contributed by atoms with Gasteiger partial charge in [0.2, 0.25) is 5.52 Å². The molecule has 0 bridgehead atoms. The lowest BCUT2D eigenvalue weighted by atomic mass is 9.92. The summed E-state index contributed by atoms with van der Waals surface area (Å²) in [6, 6.07) is 3.19. The maximum absolute atomic E-state index is 11.1. The average molecular weight is 306 g/mol. The summed E-state index contributed by atoms with van der Waals surface area (Å²) in [5, 5.41) is 18.7. The summed E-state index contributed by atoms with van der Waals surface area (Å²) >= 11 is 0. The first kappa shape index (κ1) is 16.2. The first-order valence-electron chi connectivity index (χ1n) is 7.18. The molecule has 7 nitrogen and oxygen atoms in total. The monoisotopic (exact) mass is 306 g/mol. The predicted octanol–water partition coefficient (Wildman–Crippen LogP) is 3.78. The molecule has 0 fully saturated rings. The van der Waals surface area contributed by atoms with Crippen LogP contribution in [0, 0.1) is 15.5 Å². The minimum Gasteiger partial charge on any atom is -0.364 e. The van der Waals surface area contributed by atoms with Gasteiger partial charge in [0.05, 0.1) is 10.6 Å². The molecule has 0 aliphatic rings. The van der Waals surface area contributed by atoms with Gasteiger partial charge in [0.15, 0.2) is 5.52 Å². The van der Waals surface area contributed by atoms with Crippen LogP contribution in [0.1, 0.15) is 41.5 Å². The number of hydrogen-bond acceptors (Lipinski definition) is 6. The van der Waals surface area contributed by atoms with Gasteiger partial charge in [-0.05, 0) is 42.6 Å². The molecule has 0 aliphatic carbocycles. The molecular weight excluding hydrogens is 284 g/mol. The molecule has 0 atom stereocenters. The van der Waals surface area contributed by atoms with Gasteiger partial charge in [-0.2, -0.15) is 0 Å². The lowest BCUT2D eigenvalue weighted by molar-refractivity contribution is -0.383. The highest BCUT2D eigenvalue weighted by Crippen LogP contribution is 2.36. The zero-order valence-electron chi connectivity index (χ0n) is 13.9. The third kappa shape index (κ3) is 3.18. The summed E-state index contributed by atoms with van der Waals surface area (Å²) in [5.74, 6) is 0. The molecular formula is C15H22N4O3. The van der Waals surface area contributed by atoms with E-state index in [4.69, 9.17) is 4.63 Å². The van der Waals surface area contributed by atoms with E-state index in [2.05, 4.69) is 56.8 Å². The molecule has 0 saturated carbocycles. The molecule has 0 saturated heterocycles. The van der Waals surface area contributed by atoms with Crippen molar-refractivity contribution in [1.82, 2.24) is 10.3 Å². The van der Waals surface area contributed by atoms with Crippen LogP contribution in [0.3, 0.4) is 0 Å². The number of nitro groups is 1. The number of fused-ring (bicyclic) bond motifs is 1. The molecule has 2 rings (SSSR count). The normalized spacial score (nSPS) is 12.6. The number of nitrogens with zero attached hydrogens (tertiary/aromatic N) is 4. The SMILES string of the molecule is CC(C)(C)CN(c1ccc([N+](=O)[O-])c2nonc12)C(C)(C)C. The predicted molar refractivity (Wildman–Crippen MR) is 85.0 cm³/mol. The number of rotatable bonds is 3. The van der Waals surface area contributed by atoms with Crippen molar-refractivity contribution >= 4 is 22.4 Å². The van der Waals surface area contributed by atoms with Crippen molar-refractivity contribution in [2.24, 2.45) is 5.41 Å². The molecule has 0 aliphatic heterocycles. The van der Waals surface area contributed by atoms with Crippen LogP contribution in [0.25, 0.3) is 11.0 Å². The summed E-state index contributed by atoms with van der Waals surface area (Å²) in [6.07, 6.45) is 0. The molecule has 2 aromatic rings. The van der Waals surface area contributed by atoms with Gasteiger partial charge in [0.25, 0.3) is 0 Å². The molecule has 0 unspecified atom stereocenters. The summed E-state index contributed by atoms with van der Waals surface area (Å²) in [6.45, 7) is 13.5. The molecule has 120 valence electrons. The first-order valence-corrected chi connectivity index (χ1v) is 7.18. The molecule has 0 amide bonds. The van der Waals surface area contributed by atoms with Crippen molar-refractivity contribution in [2.75, 3.05) is 11.4 Å². The Bertz CT molecular complexity index is 695. The Kier molecular flexibility index (Phi) is 3.85. The summed E-state index contributed by atoms with van der Waals surface area (Å²) in [4.78, 5) is 12.8. The molecule has 0 radical (unpaired) electrons. The van der Waals surface area contributed by atoms with Gasteiger partial charge in [0, 0.05) is 18.2 Å². The standard InChI is InChI=1S/C15H22N4O3/c1-14(2,3)9-18(15(4,5)6)10-7-8-11(19(20)21)13-12(10)16-22-17-13/h7-8H,9H2,1-6H3. The Hall–Kier alpha value is -2.18. The number of anilines is 1. The van der Waals surface area contributed by atoms with Gasteiger partial charge < -0.3 is 4.90 Å². The quantitative estimate of drug-likeness (QED) is 0.633. The average Bonchev–Trinajstić information content (AvgIpc) is 2.81. The second-order valence-corrected chi connectivity index (χ2v) is 7.64. The van der Waals surface area contributed by atoms with Crippen molar-refractivity contribution in [2.45, 2.75) is 47.1 Å². The van der Waals surface area contributed by atoms with Crippen LogP contribution >= 0.6 is 0 Å². The van der Waals surface area contributed by atoms with E-state index in [0.717, 1.165) is 12.2 Å². The second kappa shape index (κ2) is 5.23. The minimum absolute atomic E-state index is 0.0541. The third-order valence-electron chi connectivity index (χ3n) is 3.30. The van der Waals surface area contributed by atoms with Gasteiger partial charge >= 0.3 is 5.69 Å². The van der Waals surface area contributed by atoms with Crippen molar-refractivity contribution in [3.63, 3.8) is 0 Å². The van der Waals surface area contributed by atoms with Crippen LogP contribution in [-0.4, -0.2) is 27.3 Å².